The molecule has 0 aliphatic heterocycles. The fourth-order valence-corrected chi connectivity index (χ4v) is 3.18. The van der Waals surface area contributed by atoms with Crippen LogP contribution in [0.4, 0.5) is 0 Å². The van der Waals surface area contributed by atoms with Gasteiger partial charge in [0.2, 0.25) is 0 Å². The first-order valence-corrected chi connectivity index (χ1v) is 7.74. The molecule has 0 aliphatic rings. The Bertz CT molecular complexity index is 1040. The van der Waals surface area contributed by atoms with E-state index >= 15 is 0 Å². The minimum Gasteiger partial charge on any atom is -0.361 e. The molecule has 4 aromatic rings. The van der Waals surface area contributed by atoms with Gasteiger partial charge in [-0.1, -0.05) is 12.1 Å². The van der Waals surface area contributed by atoms with Gasteiger partial charge in [-0.25, -0.2) is 0 Å². The van der Waals surface area contributed by atoms with E-state index in [1.54, 1.807) is 0 Å². The maximum absolute atomic E-state index is 8.97. The summed E-state index contributed by atoms with van der Waals surface area (Å²) in [7, 11) is 0. The summed E-state index contributed by atoms with van der Waals surface area (Å²) in [5.41, 5.74) is 6.32. The van der Waals surface area contributed by atoms with Crippen molar-refractivity contribution in [1.29, 1.82) is 10.5 Å². The van der Waals surface area contributed by atoms with Crippen LogP contribution < -0.4 is 0 Å². The number of benzene rings is 2. The van der Waals surface area contributed by atoms with Gasteiger partial charge in [0.05, 0.1) is 25.0 Å². The van der Waals surface area contributed by atoms with E-state index in [0.717, 1.165) is 44.1 Å². The highest BCUT2D eigenvalue weighted by molar-refractivity contribution is 5.92. The molecular weight excluding hydrogens is 296 g/mol. The first-order chi connectivity index (χ1) is 11.8. The summed E-state index contributed by atoms with van der Waals surface area (Å²) < 4.78 is 0. The van der Waals surface area contributed by atoms with Crippen LogP contribution in [0, 0.1) is 22.7 Å². The van der Waals surface area contributed by atoms with Crippen LogP contribution in [-0.4, -0.2) is 9.97 Å². The van der Waals surface area contributed by atoms with Crippen LogP contribution in [-0.2, 0) is 12.8 Å². The average molecular weight is 310 g/mol. The van der Waals surface area contributed by atoms with Gasteiger partial charge in [-0.15, -0.1) is 0 Å². The lowest BCUT2D eigenvalue weighted by Crippen LogP contribution is -1.82. The molecule has 0 spiro atoms. The van der Waals surface area contributed by atoms with Crippen LogP contribution in [0.15, 0.2) is 48.8 Å². The van der Waals surface area contributed by atoms with E-state index in [9.17, 15) is 0 Å². The molecule has 2 aromatic carbocycles. The van der Waals surface area contributed by atoms with Crippen molar-refractivity contribution in [3.63, 3.8) is 0 Å². The molecule has 0 fully saturated rings. The number of nitriles is 2. The molecule has 0 saturated carbocycles. The van der Waals surface area contributed by atoms with E-state index in [4.69, 9.17) is 10.5 Å². The number of nitrogens with one attached hydrogen (secondary N) is 2. The van der Waals surface area contributed by atoms with E-state index in [2.05, 4.69) is 46.4 Å². The van der Waals surface area contributed by atoms with Gasteiger partial charge in [-0.05, 0) is 46.5 Å². The van der Waals surface area contributed by atoms with Crippen molar-refractivity contribution < 1.29 is 0 Å². The number of fused-ring (bicyclic) bond motifs is 2. The number of aromatic amines is 2. The molecule has 0 amide bonds. The van der Waals surface area contributed by atoms with Crippen LogP contribution >= 0.6 is 0 Å². The summed E-state index contributed by atoms with van der Waals surface area (Å²) in [6.45, 7) is 0. The van der Waals surface area contributed by atoms with E-state index in [-0.39, 0.29) is 0 Å². The fourth-order valence-electron chi connectivity index (χ4n) is 3.18. The largest absolute Gasteiger partial charge is 0.361 e. The van der Waals surface area contributed by atoms with Gasteiger partial charge in [0.1, 0.15) is 0 Å². The number of nitrogens with zero attached hydrogens (tertiary/aromatic N) is 2. The minimum atomic E-state index is 0.395. The molecule has 0 bridgehead atoms. The third-order valence-electron chi connectivity index (χ3n) is 4.41. The third-order valence-corrected chi connectivity index (χ3v) is 4.41. The van der Waals surface area contributed by atoms with E-state index < -0.39 is 0 Å². The molecule has 2 N–H and O–H groups in total. The van der Waals surface area contributed by atoms with Gasteiger partial charge >= 0.3 is 0 Å². The summed E-state index contributed by atoms with van der Waals surface area (Å²) in [5, 5.41) is 20.1. The molecule has 0 atom stereocenters. The van der Waals surface area contributed by atoms with Crippen LogP contribution in [0.2, 0.25) is 0 Å². The second kappa shape index (κ2) is 5.61. The number of aromatic nitrogens is 2. The molecule has 2 heterocycles. The average Bonchev–Trinajstić information content (AvgIpc) is 3.19. The second-order valence-electron chi connectivity index (χ2n) is 5.82. The predicted molar refractivity (Wildman–Crippen MR) is 94.2 cm³/mol. The monoisotopic (exact) mass is 310 g/mol. The third kappa shape index (κ3) is 2.22. The first-order valence-electron chi connectivity index (χ1n) is 7.74. The molecule has 0 aliphatic carbocycles. The van der Waals surface area contributed by atoms with Gasteiger partial charge in [-0.3, -0.25) is 0 Å². The van der Waals surface area contributed by atoms with Crippen LogP contribution in [0.5, 0.6) is 0 Å². The molecule has 114 valence electrons. The fraction of sp³-hybridized carbons (Fsp3) is 0.100. The van der Waals surface area contributed by atoms with Crippen molar-refractivity contribution in [2.45, 2.75) is 12.8 Å². The van der Waals surface area contributed by atoms with Crippen molar-refractivity contribution >= 4 is 21.8 Å². The van der Waals surface area contributed by atoms with E-state index in [0.29, 0.717) is 12.8 Å². The van der Waals surface area contributed by atoms with Crippen molar-refractivity contribution in [3.8, 4) is 23.3 Å². The lowest BCUT2D eigenvalue weighted by atomic mass is 9.99. The lowest BCUT2D eigenvalue weighted by molar-refractivity contribution is 1.27. The minimum absolute atomic E-state index is 0.395. The predicted octanol–water partition coefficient (Wildman–Crippen LogP) is 4.45. The number of hydrogen-bond donors (Lipinski definition) is 2. The van der Waals surface area contributed by atoms with Crippen LogP contribution in [0.25, 0.3) is 32.9 Å². The smallest absolute Gasteiger partial charge is 0.0670 e. The van der Waals surface area contributed by atoms with E-state index in [1.165, 1.54) is 0 Å². The quantitative estimate of drug-likeness (QED) is 0.586. The molecule has 4 nitrogen and oxygen atoms in total. The Hall–Kier alpha value is -3.50. The maximum atomic E-state index is 8.97. The van der Waals surface area contributed by atoms with Crippen molar-refractivity contribution in [2.75, 3.05) is 0 Å². The van der Waals surface area contributed by atoms with Gasteiger partial charge < -0.3 is 9.97 Å². The van der Waals surface area contributed by atoms with Crippen molar-refractivity contribution in [2.24, 2.45) is 0 Å². The molecule has 4 heteroatoms. The Kier molecular flexibility index (Phi) is 3.30. The Morgan fingerprint density at radius 1 is 0.708 bits per heavy atom. The zero-order valence-electron chi connectivity index (χ0n) is 12.9. The summed E-state index contributed by atoms with van der Waals surface area (Å²) in [6.07, 6.45) is 4.59. The molecule has 0 saturated heterocycles. The number of rotatable bonds is 3. The number of hydrogen-bond acceptors (Lipinski definition) is 2. The molecule has 4 rings (SSSR count). The lowest BCUT2D eigenvalue weighted by Gasteiger charge is -2.04. The topological polar surface area (TPSA) is 79.2 Å². The zero-order valence-corrected chi connectivity index (χ0v) is 12.9. The highest BCUT2D eigenvalue weighted by Crippen LogP contribution is 2.30. The highest BCUT2D eigenvalue weighted by Gasteiger charge is 2.08. The Morgan fingerprint density at radius 2 is 1.17 bits per heavy atom. The Labute approximate surface area is 139 Å². The normalized spacial score (nSPS) is 10.8. The van der Waals surface area contributed by atoms with Crippen molar-refractivity contribution in [1.82, 2.24) is 9.97 Å². The molecule has 0 unspecified atom stereocenters. The molecule has 2 aromatic heterocycles. The van der Waals surface area contributed by atoms with Gasteiger partial charge in [0.25, 0.3) is 0 Å². The molecule has 0 radical (unpaired) electrons. The van der Waals surface area contributed by atoms with Crippen LogP contribution in [0.1, 0.15) is 11.1 Å². The molecular formula is C20H14N4. The number of H-pyrrole nitrogens is 2. The van der Waals surface area contributed by atoms with Gasteiger partial charge in [0.15, 0.2) is 0 Å². The standard InChI is InChI=1S/C20H14N4/c21-7-5-15-11-23-19-3-1-13(9-17(15)19)14-2-4-20-18(10-14)16(6-8-22)12-24-20/h1-4,9-12,23-24H,5-6H2. The molecule has 24 heavy (non-hydrogen) atoms. The van der Waals surface area contributed by atoms with E-state index in [1.807, 2.05) is 24.5 Å². The van der Waals surface area contributed by atoms with Gasteiger partial charge in [0, 0.05) is 34.2 Å². The first kappa shape index (κ1) is 14.1. The summed E-state index contributed by atoms with van der Waals surface area (Å²) in [5.74, 6) is 0. The SMILES string of the molecule is N#CCc1c[nH]c2ccc(-c3ccc4[nH]cc(CC#N)c4c3)cc12. The summed E-state index contributed by atoms with van der Waals surface area (Å²) in [4.78, 5) is 6.42. The Morgan fingerprint density at radius 3 is 1.58 bits per heavy atom. The van der Waals surface area contributed by atoms with Crippen molar-refractivity contribution in [3.05, 3.63) is 59.9 Å². The zero-order chi connectivity index (χ0) is 16.5. The Balaban J connectivity index is 1.86. The maximum Gasteiger partial charge on any atom is 0.0670 e. The summed E-state index contributed by atoms with van der Waals surface area (Å²) in [6, 6.07) is 16.9. The van der Waals surface area contributed by atoms with Gasteiger partial charge in [-0.2, -0.15) is 10.5 Å². The second-order valence-corrected chi connectivity index (χ2v) is 5.82. The highest BCUT2D eigenvalue weighted by atomic mass is 14.7. The summed E-state index contributed by atoms with van der Waals surface area (Å²) >= 11 is 0. The van der Waals surface area contributed by atoms with Crippen LogP contribution in [0.3, 0.4) is 0 Å².